The Balaban J connectivity index is 0.00000676. The molecular formula is C19H33IN4O2S. The Hall–Kier alpha value is -1.16. The van der Waals surface area contributed by atoms with Gasteiger partial charge in [0.2, 0.25) is 0 Å². The highest BCUT2D eigenvalue weighted by Crippen LogP contribution is 2.10. The summed E-state index contributed by atoms with van der Waals surface area (Å²) >= 11 is 0. The molecule has 0 spiro atoms. The van der Waals surface area contributed by atoms with E-state index in [2.05, 4.69) is 15.6 Å². The topological polar surface area (TPSA) is 73.8 Å². The van der Waals surface area contributed by atoms with Crippen LogP contribution in [0, 0.1) is 0 Å². The number of aliphatic imine (C=N–C) groups is 1. The van der Waals surface area contributed by atoms with Crippen LogP contribution >= 0.6 is 24.0 Å². The maximum absolute atomic E-state index is 12.1. The van der Waals surface area contributed by atoms with Gasteiger partial charge in [-0.05, 0) is 45.4 Å². The molecule has 0 heterocycles. The van der Waals surface area contributed by atoms with Crippen molar-refractivity contribution in [3.05, 3.63) is 35.4 Å². The maximum Gasteiger partial charge on any atom is 0.253 e. The third-order valence-electron chi connectivity index (χ3n) is 3.63. The van der Waals surface area contributed by atoms with Crippen molar-refractivity contribution in [2.45, 2.75) is 39.0 Å². The average Bonchev–Trinajstić information content (AvgIpc) is 2.58. The van der Waals surface area contributed by atoms with Gasteiger partial charge in [0.25, 0.3) is 5.91 Å². The van der Waals surface area contributed by atoms with Gasteiger partial charge in [-0.25, -0.2) is 4.99 Å². The van der Waals surface area contributed by atoms with Crippen molar-refractivity contribution in [3.8, 4) is 0 Å². The standard InChI is InChI=1S/C19H32N4O2S.HI/c1-7-20-18(21-12-13-26(25)19(2,3)4)22-14-15-8-10-16(11-9-15)17(24)23(5)6;/h8-11H,7,12-14H2,1-6H3,(H2,20,21,22);1H. The number of rotatable bonds is 7. The van der Waals surface area contributed by atoms with E-state index >= 15 is 0 Å². The van der Waals surface area contributed by atoms with Crippen LogP contribution in [-0.4, -0.2) is 58.7 Å². The summed E-state index contributed by atoms with van der Waals surface area (Å²) in [4.78, 5) is 18.0. The number of guanidine groups is 1. The molecule has 6 nitrogen and oxygen atoms in total. The van der Waals surface area contributed by atoms with Crippen LogP contribution in [0.2, 0.25) is 0 Å². The number of nitrogens with one attached hydrogen (secondary N) is 2. The molecule has 0 aliphatic rings. The number of amides is 1. The summed E-state index contributed by atoms with van der Waals surface area (Å²) in [6, 6.07) is 7.47. The molecule has 1 aromatic rings. The van der Waals surface area contributed by atoms with E-state index in [9.17, 15) is 9.00 Å². The first-order chi connectivity index (χ1) is 12.1. The Morgan fingerprint density at radius 3 is 2.22 bits per heavy atom. The number of carbonyl (C=O) groups excluding carboxylic acids is 1. The predicted molar refractivity (Wildman–Crippen MR) is 125 cm³/mol. The van der Waals surface area contributed by atoms with Gasteiger partial charge in [0, 0.05) is 54.0 Å². The van der Waals surface area contributed by atoms with E-state index in [-0.39, 0.29) is 34.6 Å². The number of nitrogens with zero attached hydrogens (tertiary/aromatic N) is 2. The Kier molecular flexibility index (Phi) is 11.8. The van der Waals surface area contributed by atoms with E-state index in [1.54, 1.807) is 19.0 Å². The minimum absolute atomic E-state index is 0. The van der Waals surface area contributed by atoms with Crippen LogP contribution in [0.1, 0.15) is 43.6 Å². The Morgan fingerprint density at radius 2 is 1.74 bits per heavy atom. The third kappa shape index (κ3) is 9.55. The van der Waals surface area contributed by atoms with E-state index in [1.165, 1.54) is 0 Å². The summed E-state index contributed by atoms with van der Waals surface area (Å²) in [5, 5.41) is 6.41. The molecule has 0 aliphatic carbocycles. The van der Waals surface area contributed by atoms with Crippen molar-refractivity contribution in [2.24, 2.45) is 4.99 Å². The van der Waals surface area contributed by atoms with Gasteiger partial charge in [-0.3, -0.25) is 9.00 Å². The van der Waals surface area contributed by atoms with Crippen LogP contribution in [0.25, 0.3) is 0 Å². The first-order valence-electron chi connectivity index (χ1n) is 8.86. The van der Waals surface area contributed by atoms with Gasteiger partial charge < -0.3 is 15.5 Å². The van der Waals surface area contributed by atoms with E-state index in [4.69, 9.17) is 0 Å². The Labute approximate surface area is 183 Å². The fraction of sp³-hybridized carbons (Fsp3) is 0.579. The molecule has 0 radical (unpaired) electrons. The molecule has 0 fully saturated rings. The molecule has 0 aromatic heterocycles. The molecule has 27 heavy (non-hydrogen) atoms. The minimum Gasteiger partial charge on any atom is -0.357 e. The second-order valence-electron chi connectivity index (χ2n) is 7.18. The third-order valence-corrected chi connectivity index (χ3v) is 5.57. The van der Waals surface area contributed by atoms with Crippen molar-refractivity contribution in [1.29, 1.82) is 0 Å². The second kappa shape index (κ2) is 12.3. The molecule has 1 rings (SSSR count). The second-order valence-corrected chi connectivity index (χ2v) is 9.50. The Bertz CT molecular complexity index is 640. The summed E-state index contributed by atoms with van der Waals surface area (Å²) < 4.78 is 11.9. The number of halogens is 1. The smallest absolute Gasteiger partial charge is 0.253 e. The van der Waals surface area contributed by atoms with Gasteiger partial charge in [0.05, 0.1) is 6.54 Å². The first-order valence-corrected chi connectivity index (χ1v) is 10.2. The van der Waals surface area contributed by atoms with Crippen LogP contribution in [0.4, 0.5) is 0 Å². The molecule has 0 bridgehead atoms. The van der Waals surface area contributed by atoms with Crippen molar-refractivity contribution in [2.75, 3.05) is 32.9 Å². The van der Waals surface area contributed by atoms with Gasteiger partial charge >= 0.3 is 0 Å². The van der Waals surface area contributed by atoms with Crippen LogP contribution in [0.3, 0.4) is 0 Å². The zero-order valence-electron chi connectivity index (χ0n) is 17.2. The average molecular weight is 508 g/mol. The van der Waals surface area contributed by atoms with Crippen molar-refractivity contribution < 1.29 is 9.00 Å². The zero-order chi connectivity index (χ0) is 19.7. The van der Waals surface area contributed by atoms with Gasteiger partial charge in [-0.15, -0.1) is 24.0 Å². The molecular weight excluding hydrogens is 475 g/mol. The summed E-state index contributed by atoms with van der Waals surface area (Å²) in [6.07, 6.45) is 0. The molecule has 1 aromatic carbocycles. The van der Waals surface area contributed by atoms with Crippen molar-refractivity contribution in [1.82, 2.24) is 15.5 Å². The number of hydrogen-bond acceptors (Lipinski definition) is 3. The number of benzene rings is 1. The summed E-state index contributed by atoms with van der Waals surface area (Å²) in [6.45, 7) is 9.81. The first kappa shape index (κ1) is 25.8. The highest BCUT2D eigenvalue weighted by atomic mass is 127. The largest absolute Gasteiger partial charge is 0.357 e. The highest BCUT2D eigenvalue weighted by molar-refractivity contribution is 14.0. The minimum atomic E-state index is -0.890. The normalized spacial score (nSPS) is 12.7. The molecule has 0 aliphatic heterocycles. The van der Waals surface area contributed by atoms with Crippen LogP contribution in [-0.2, 0) is 17.3 Å². The summed E-state index contributed by atoms with van der Waals surface area (Å²) in [7, 11) is 2.59. The molecule has 154 valence electrons. The maximum atomic E-state index is 12.1. The van der Waals surface area contributed by atoms with E-state index in [0.29, 0.717) is 30.4 Å². The molecule has 0 saturated heterocycles. The highest BCUT2D eigenvalue weighted by Gasteiger charge is 2.18. The lowest BCUT2D eigenvalue weighted by atomic mass is 10.1. The SMILES string of the molecule is CCNC(=NCc1ccc(C(=O)N(C)C)cc1)NCCS(=O)C(C)(C)C.I. The lowest BCUT2D eigenvalue weighted by molar-refractivity contribution is 0.0827. The van der Waals surface area contributed by atoms with Crippen LogP contribution in [0.15, 0.2) is 29.3 Å². The fourth-order valence-corrected chi connectivity index (χ4v) is 2.99. The molecule has 2 N–H and O–H groups in total. The molecule has 1 amide bonds. The van der Waals surface area contributed by atoms with E-state index in [1.807, 2.05) is 52.0 Å². The van der Waals surface area contributed by atoms with Gasteiger partial charge in [-0.1, -0.05) is 12.1 Å². The summed E-state index contributed by atoms with van der Waals surface area (Å²) in [5.74, 6) is 1.27. The lowest BCUT2D eigenvalue weighted by Gasteiger charge is -2.18. The lowest BCUT2D eigenvalue weighted by Crippen LogP contribution is -2.40. The fourth-order valence-electron chi connectivity index (χ4n) is 2.09. The zero-order valence-corrected chi connectivity index (χ0v) is 20.3. The number of carbonyl (C=O) groups is 1. The number of hydrogen-bond donors (Lipinski definition) is 2. The van der Waals surface area contributed by atoms with E-state index in [0.717, 1.165) is 12.1 Å². The predicted octanol–water partition coefficient (Wildman–Crippen LogP) is 2.61. The van der Waals surface area contributed by atoms with Gasteiger partial charge in [0.15, 0.2) is 5.96 Å². The van der Waals surface area contributed by atoms with Gasteiger partial charge in [0.1, 0.15) is 0 Å². The molecule has 0 saturated carbocycles. The summed E-state index contributed by atoms with van der Waals surface area (Å²) in [5.41, 5.74) is 1.69. The molecule has 8 heteroatoms. The molecule has 1 atom stereocenters. The van der Waals surface area contributed by atoms with Crippen molar-refractivity contribution >= 4 is 46.6 Å². The monoisotopic (exact) mass is 508 g/mol. The Morgan fingerprint density at radius 1 is 1.15 bits per heavy atom. The van der Waals surface area contributed by atoms with Gasteiger partial charge in [-0.2, -0.15) is 0 Å². The van der Waals surface area contributed by atoms with Crippen molar-refractivity contribution in [3.63, 3.8) is 0 Å². The van der Waals surface area contributed by atoms with E-state index < -0.39 is 10.8 Å². The molecule has 1 unspecified atom stereocenters. The van der Waals surface area contributed by atoms with Crippen LogP contribution < -0.4 is 10.6 Å². The quantitative estimate of drug-likeness (QED) is 0.338. The van der Waals surface area contributed by atoms with Crippen LogP contribution in [0.5, 0.6) is 0 Å².